The Bertz CT molecular complexity index is 2630. The van der Waals surface area contributed by atoms with Crippen molar-refractivity contribution in [2.24, 2.45) is 4.99 Å². The zero-order chi connectivity index (χ0) is 34.5. The van der Waals surface area contributed by atoms with E-state index in [0.717, 1.165) is 69.2 Å². The minimum atomic E-state index is -0.261. The number of methoxy groups -OCH3 is 1. The second kappa shape index (κ2) is 12.7. The second-order valence-electron chi connectivity index (χ2n) is 13.1. The molecule has 7 aromatic rings. The maximum atomic E-state index is 14.8. The molecule has 2 aromatic heterocycles. The van der Waals surface area contributed by atoms with Crippen molar-refractivity contribution in [2.75, 3.05) is 7.11 Å². The smallest absolute Gasteiger partial charge is 0.271 e. The van der Waals surface area contributed by atoms with Crippen molar-refractivity contribution >= 4 is 23.1 Å². The number of aromatic nitrogens is 2. The predicted molar refractivity (Wildman–Crippen MR) is 207 cm³/mol. The molecule has 0 spiro atoms. The van der Waals surface area contributed by atoms with Crippen LogP contribution in [0.3, 0.4) is 0 Å². The van der Waals surface area contributed by atoms with Crippen LogP contribution in [0, 0.1) is 6.92 Å². The van der Waals surface area contributed by atoms with Gasteiger partial charge in [-0.05, 0) is 84.0 Å². The average molecular weight is 682 g/mol. The van der Waals surface area contributed by atoms with E-state index in [4.69, 9.17) is 9.73 Å². The molecular weight excluding hydrogens is 647 g/mol. The minimum Gasteiger partial charge on any atom is -0.497 e. The first kappa shape index (κ1) is 31.0. The van der Waals surface area contributed by atoms with Gasteiger partial charge in [-0.15, -0.1) is 0 Å². The first-order valence-electron chi connectivity index (χ1n) is 17.3. The molecule has 0 fully saturated rings. The Labute approximate surface area is 300 Å². The third kappa shape index (κ3) is 5.40. The third-order valence-electron chi connectivity index (χ3n) is 10.0. The number of benzene rings is 5. The quantitative estimate of drug-likeness (QED) is 0.176. The van der Waals surface area contributed by atoms with Gasteiger partial charge in [0.1, 0.15) is 5.75 Å². The molecule has 0 saturated carbocycles. The molecule has 5 aromatic carbocycles. The molecule has 51 heavy (non-hydrogen) atoms. The SMILES string of the molecule is COc1ccc([C@H]2C3=C(N=c4s/c(=C/c5cc(-c6ccccc6)n(-c6ccc(C)cc6)c5-c5ccccc5)c(=O)n42)c2ccccc2CC3)cc1. The van der Waals surface area contributed by atoms with Crippen LogP contribution in [-0.4, -0.2) is 16.2 Å². The molecule has 0 radical (unpaired) electrons. The summed E-state index contributed by atoms with van der Waals surface area (Å²) in [6.45, 7) is 2.11. The molecule has 0 N–H and O–H groups in total. The van der Waals surface area contributed by atoms with Gasteiger partial charge in [0, 0.05) is 16.8 Å². The molecule has 248 valence electrons. The van der Waals surface area contributed by atoms with E-state index in [2.05, 4.69) is 133 Å². The van der Waals surface area contributed by atoms with Gasteiger partial charge in [0.05, 0.1) is 34.8 Å². The number of allylic oxidation sites excluding steroid dienone is 1. The van der Waals surface area contributed by atoms with Crippen molar-refractivity contribution in [3.63, 3.8) is 0 Å². The van der Waals surface area contributed by atoms with Crippen molar-refractivity contribution in [1.29, 1.82) is 0 Å². The fourth-order valence-corrected chi connectivity index (χ4v) is 8.56. The summed E-state index contributed by atoms with van der Waals surface area (Å²) in [5.41, 5.74) is 13.1. The molecule has 6 heteroatoms. The maximum Gasteiger partial charge on any atom is 0.271 e. The van der Waals surface area contributed by atoms with E-state index >= 15 is 0 Å². The summed E-state index contributed by atoms with van der Waals surface area (Å²) in [6, 6.07) is 48.2. The van der Waals surface area contributed by atoms with Crippen molar-refractivity contribution in [2.45, 2.75) is 25.8 Å². The van der Waals surface area contributed by atoms with Gasteiger partial charge >= 0.3 is 0 Å². The van der Waals surface area contributed by atoms with Crippen LogP contribution in [0.1, 0.15) is 40.3 Å². The van der Waals surface area contributed by atoms with Gasteiger partial charge in [-0.3, -0.25) is 9.36 Å². The first-order chi connectivity index (χ1) is 25.1. The highest BCUT2D eigenvalue weighted by atomic mass is 32.1. The summed E-state index contributed by atoms with van der Waals surface area (Å²) in [4.78, 5) is 20.8. The van der Waals surface area contributed by atoms with Crippen molar-refractivity contribution < 1.29 is 4.74 Å². The van der Waals surface area contributed by atoms with Crippen LogP contribution in [-0.2, 0) is 6.42 Å². The Hall–Kier alpha value is -5.98. The number of aryl methyl sites for hydroxylation is 2. The number of ether oxygens (including phenoxy) is 1. The standard InChI is InChI=1S/C45H35N3O2S/c1-29-17-22-35(23-18-29)47-39(31-12-5-3-6-13-31)27-34(42(47)32-14-7-4-8-15-32)28-40-44(49)48-43(33-19-24-36(50-2)25-20-33)38-26-21-30-11-9-10-16-37(30)41(38)46-45(48)51-40/h3-20,22-25,27-28,43H,21,26H2,1-2H3/b40-28+/t43-/m0/s1. The topological polar surface area (TPSA) is 48.5 Å². The lowest BCUT2D eigenvalue weighted by Gasteiger charge is -2.30. The molecule has 0 bridgehead atoms. The lowest BCUT2D eigenvalue weighted by Crippen LogP contribution is -2.38. The molecular formula is C45H35N3O2S. The van der Waals surface area contributed by atoms with Crippen molar-refractivity contribution in [3.8, 4) is 34.0 Å². The van der Waals surface area contributed by atoms with Gasteiger partial charge in [-0.2, -0.15) is 0 Å². The minimum absolute atomic E-state index is 0.0339. The van der Waals surface area contributed by atoms with Gasteiger partial charge < -0.3 is 9.30 Å². The van der Waals surface area contributed by atoms with Gasteiger partial charge in [0.2, 0.25) is 0 Å². The number of hydrogen-bond acceptors (Lipinski definition) is 4. The first-order valence-corrected chi connectivity index (χ1v) is 18.1. The summed E-state index contributed by atoms with van der Waals surface area (Å²) in [7, 11) is 1.68. The van der Waals surface area contributed by atoms with Gasteiger partial charge in [-0.1, -0.05) is 126 Å². The van der Waals surface area contributed by atoms with E-state index in [1.807, 2.05) is 28.8 Å². The highest BCUT2D eigenvalue weighted by Gasteiger charge is 2.32. The summed E-state index contributed by atoms with van der Waals surface area (Å²) in [5, 5.41) is 0. The Balaban J connectivity index is 1.31. The van der Waals surface area contributed by atoms with Crippen LogP contribution in [0.4, 0.5) is 0 Å². The van der Waals surface area contributed by atoms with E-state index in [0.29, 0.717) is 9.33 Å². The van der Waals surface area contributed by atoms with Crippen LogP contribution in [0.15, 0.2) is 155 Å². The third-order valence-corrected chi connectivity index (χ3v) is 11.0. The van der Waals surface area contributed by atoms with Gasteiger partial charge in [0.25, 0.3) is 5.56 Å². The molecule has 0 saturated heterocycles. The number of fused-ring (bicyclic) bond motifs is 3. The summed E-state index contributed by atoms with van der Waals surface area (Å²) >= 11 is 1.47. The molecule has 1 aliphatic heterocycles. The Kier molecular flexibility index (Phi) is 7.74. The second-order valence-corrected chi connectivity index (χ2v) is 14.1. The normalized spacial score (nSPS) is 15.2. The highest BCUT2D eigenvalue weighted by molar-refractivity contribution is 7.07. The zero-order valence-electron chi connectivity index (χ0n) is 28.4. The van der Waals surface area contributed by atoms with E-state index < -0.39 is 0 Å². The van der Waals surface area contributed by atoms with Gasteiger partial charge in [0.15, 0.2) is 4.80 Å². The largest absolute Gasteiger partial charge is 0.497 e. The maximum absolute atomic E-state index is 14.8. The Morgan fingerprint density at radius 3 is 2.20 bits per heavy atom. The zero-order valence-corrected chi connectivity index (χ0v) is 29.2. The van der Waals surface area contributed by atoms with Crippen LogP contribution >= 0.6 is 11.3 Å². The number of thiazole rings is 1. The van der Waals surface area contributed by atoms with Crippen LogP contribution in [0.5, 0.6) is 5.75 Å². The number of nitrogens with zero attached hydrogens (tertiary/aromatic N) is 3. The predicted octanol–water partition coefficient (Wildman–Crippen LogP) is 8.76. The van der Waals surface area contributed by atoms with Crippen molar-refractivity contribution in [1.82, 2.24) is 9.13 Å². The van der Waals surface area contributed by atoms with E-state index in [9.17, 15) is 4.79 Å². The fraction of sp³-hybridized carbons (Fsp3) is 0.111. The Morgan fingerprint density at radius 1 is 0.784 bits per heavy atom. The molecule has 1 atom stereocenters. The average Bonchev–Trinajstić information content (AvgIpc) is 3.71. The lowest BCUT2D eigenvalue weighted by atomic mass is 9.83. The number of hydrogen-bond donors (Lipinski definition) is 0. The van der Waals surface area contributed by atoms with Crippen LogP contribution in [0.25, 0.3) is 40.0 Å². The van der Waals surface area contributed by atoms with Gasteiger partial charge in [-0.25, -0.2) is 4.99 Å². The van der Waals surface area contributed by atoms with Crippen molar-refractivity contribution in [3.05, 3.63) is 193 Å². The number of rotatable bonds is 6. The monoisotopic (exact) mass is 681 g/mol. The fourth-order valence-electron chi connectivity index (χ4n) is 7.56. The van der Waals surface area contributed by atoms with Crippen LogP contribution in [0.2, 0.25) is 0 Å². The van der Waals surface area contributed by atoms with E-state index in [-0.39, 0.29) is 11.6 Å². The lowest BCUT2D eigenvalue weighted by molar-refractivity contribution is 0.414. The molecule has 0 amide bonds. The molecule has 3 heterocycles. The highest BCUT2D eigenvalue weighted by Crippen LogP contribution is 2.42. The molecule has 0 unspecified atom stereocenters. The summed E-state index contributed by atoms with van der Waals surface area (Å²) in [5.74, 6) is 0.787. The summed E-state index contributed by atoms with van der Waals surface area (Å²) < 4.78 is 10.4. The Morgan fingerprint density at radius 2 is 1.47 bits per heavy atom. The molecule has 2 aliphatic rings. The molecule has 5 nitrogen and oxygen atoms in total. The molecule has 1 aliphatic carbocycles. The molecule has 9 rings (SSSR count). The van der Waals surface area contributed by atoms with E-state index in [1.54, 1.807) is 7.11 Å². The van der Waals surface area contributed by atoms with E-state index in [1.165, 1.54) is 28.0 Å². The van der Waals surface area contributed by atoms with Crippen LogP contribution < -0.4 is 19.6 Å². The summed E-state index contributed by atoms with van der Waals surface area (Å²) in [6.07, 6.45) is 3.83.